The third kappa shape index (κ3) is 8.01. The van der Waals surface area contributed by atoms with Crippen LogP contribution in [0.1, 0.15) is 29.5 Å². The highest BCUT2D eigenvalue weighted by Crippen LogP contribution is 2.17. The fourth-order valence-corrected chi connectivity index (χ4v) is 3.15. The van der Waals surface area contributed by atoms with Crippen LogP contribution in [0.2, 0.25) is 0 Å². The maximum atomic E-state index is 12.1. The van der Waals surface area contributed by atoms with Crippen molar-refractivity contribution in [3.8, 4) is 0 Å². The number of hydrogen-bond acceptors (Lipinski definition) is 3. The van der Waals surface area contributed by atoms with Crippen molar-refractivity contribution in [3.05, 3.63) is 57.8 Å². The molecule has 1 aromatic heterocycles. The smallest absolute Gasteiger partial charge is 0.367 e. The van der Waals surface area contributed by atoms with E-state index in [0.29, 0.717) is 24.0 Å². The Morgan fingerprint density at radius 1 is 1.15 bits per heavy atom. The summed E-state index contributed by atoms with van der Waals surface area (Å²) in [6, 6.07) is 9.37. The van der Waals surface area contributed by atoms with Gasteiger partial charge in [-0.15, -0.1) is 0 Å². The minimum absolute atomic E-state index is 0.0586. The molecule has 0 amide bonds. The summed E-state index contributed by atoms with van der Waals surface area (Å²) in [5, 5.41) is 10.7. The van der Waals surface area contributed by atoms with Gasteiger partial charge in [0.25, 0.3) is 0 Å². The minimum Gasteiger partial charge on any atom is -0.367 e. The predicted molar refractivity (Wildman–Crippen MR) is 103 cm³/mol. The molecule has 0 aliphatic rings. The van der Waals surface area contributed by atoms with Crippen LogP contribution in [0.15, 0.2) is 46.1 Å². The molecule has 4 nitrogen and oxygen atoms in total. The number of hydrogen-bond donors (Lipinski definition) is 2. The third-order valence-corrected chi connectivity index (χ3v) is 4.63. The van der Waals surface area contributed by atoms with Crippen LogP contribution in [-0.4, -0.2) is 32.3 Å². The van der Waals surface area contributed by atoms with E-state index in [1.54, 1.807) is 30.5 Å². The molecule has 148 valence electrons. The molecule has 2 rings (SSSR count). The molecule has 1 heterocycles. The molecular formula is C19H24F3N3OS. The Hall–Kier alpha value is -2.06. The lowest BCUT2D eigenvalue weighted by Crippen LogP contribution is -2.38. The van der Waals surface area contributed by atoms with Crippen molar-refractivity contribution < 1.29 is 17.9 Å². The van der Waals surface area contributed by atoms with Gasteiger partial charge in [-0.3, -0.25) is 4.99 Å². The molecule has 1 unspecified atom stereocenters. The highest BCUT2D eigenvalue weighted by atomic mass is 32.1. The summed E-state index contributed by atoms with van der Waals surface area (Å²) >= 11 is 1.68. The fourth-order valence-electron chi connectivity index (χ4n) is 2.37. The van der Waals surface area contributed by atoms with E-state index in [-0.39, 0.29) is 6.61 Å². The second kappa shape index (κ2) is 10.3. The molecule has 0 saturated carbocycles. The van der Waals surface area contributed by atoms with Gasteiger partial charge in [-0.1, -0.05) is 31.2 Å². The van der Waals surface area contributed by atoms with Crippen molar-refractivity contribution >= 4 is 17.3 Å². The lowest BCUT2D eigenvalue weighted by Gasteiger charge is -2.15. The Bertz CT molecular complexity index is 700. The summed E-state index contributed by atoms with van der Waals surface area (Å²) in [6.45, 7) is 2.20. The van der Waals surface area contributed by atoms with Gasteiger partial charge in [0.05, 0.1) is 6.61 Å². The van der Waals surface area contributed by atoms with E-state index in [1.165, 1.54) is 5.56 Å². The van der Waals surface area contributed by atoms with Crippen LogP contribution in [-0.2, 0) is 17.9 Å². The van der Waals surface area contributed by atoms with Crippen LogP contribution < -0.4 is 10.6 Å². The second-order valence-corrected chi connectivity index (χ2v) is 6.97. The number of alkyl halides is 3. The topological polar surface area (TPSA) is 45.7 Å². The Morgan fingerprint density at radius 3 is 2.44 bits per heavy atom. The lowest BCUT2D eigenvalue weighted by molar-refractivity contribution is -0.176. The summed E-state index contributed by atoms with van der Waals surface area (Å²) in [6.07, 6.45) is -4.30. The SMILES string of the molecule is CN=C(NCc1ccc(COCC(F)(F)F)cc1)NCC(C)c1ccsc1. The molecule has 0 saturated heterocycles. The molecule has 27 heavy (non-hydrogen) atoms. The van der Waals surface area contributed by atoms with Crippen LogP contribution in [0.25, 0.3) is 0 Å². The number of ether oxygens (including phenoxy) is 1. The quantitative estimate of drug-likeness (QED) is 0.514. The van der Waals surface area contributed by atoms with Gasteiger partial charge in [-0.05, 0) is 39.4 Å². The Morgan fingerprint density at radius 2 is 1.85 bits per heavy atom. The van der Waals surface area contributed by atoms with Crippen LogP contribution in [0.3, 0.4) is 0 Å². The van der Waals surface area contributed by atoms with Crippen LogP contribution in [0.5, 0.6) is 0 Å². The van der Waals surface area contributed by atoms with Gasteiger partial charge in [0.15, 0.2) is 5.96 Å². The van der Waals surface area contributed by atoms with E-state index in [4.69, 9.17) is 0 Å². The number of nitrogens with one attached hydrogen (secondary N) is 2. The van der Waals surface area contributed by atoms with Crippen molar-refractivity contribution in [1.82, 2.24) is 10.6 Å². The van der Waals surface area contributed by atoms with E-state index in [2.05, 4.69) is 44.1 Å². The summed E-state index contributed by atoms with van der Waals surface area (Å²) in [5.41, 5.74) is 3.00. The number of nitrogens with zero attached hydrogens (tertiary/aromatic N) is 1. The molecule has 1 atom stereocenters. The number of aliphatic imine (C=N–C) groups is 1. The first kappa shape index (κ1) is 21.2. The Labute approximate surface area is 161 Å². The maximum absolute atomic E-state index is 12.1. The molecule has 0 fully saturated rings. The molecular weight excluding hydrogens is 375 g/mol. The molecule has 0 spiro atoms. The number of halogens is 3. The molecule has 1 aromatic carbocycles. The zero-order valence-electron chi connectivity index (χ0n) is 15.3. The Balaban J connectivity index is 1.74. The molecule has 0 aliphatic carbocycles. The third-order valence-electron chi connectivity index (χ3n) is 3.93. The van der Waals surface area contributed by atoms with Crippen LogP contribution >= 0.6 is 11.3 Å². The summed E-state index contributed by atoms with van der Waals surface area (Å²) in [5.74, 6) is 1.08. The van der Waals surface area contributed by atoms with Crippen molar-refractivity contribution in [2.75, 3.05) is 20.2 Å². The van der Waals surface area contributed by atoms with E-state index in [9.17, 15) is 13.2 Å². The van der Waals surface area contributed by atoms with Crippen LogP contribution in [0, 0.1) is 0 Å². The highest BCUT2D eigenvalue weighted by Gasteiger charge is 2.27. The molecule has 8 heteroatoms. The average molecular weight is 399 g/mol. The number of guanidine groups is 1. The lowest BCUT2D eigenvalue weighted by atomic mass is 10.1. The molecule has 0 radical (unpaired) electrons. The van der Waals surface area contributed by atoms with Crippen molar-refractivity contribution in [3.63, 3.8) is 0 Å². The van der Waals surface area contributed by atoms with Crippen molar-refractivity contribution in [1.29, 1.82) is 0 Å². The largest absolute Gasteiger partial charge is 0.411 e. The summed E-state index contributed by atoms with van der Waals surface area (Å²) < 4.78 is 40.9. The van der Waals surface area contributed by atoms with Gasteiger partial charge in [-0.25, -0.2) is 0 Å². The number of benzene rings is 1. The van der Waals surface area contributed by atoms with Gasteiger partial charge in [0.2, 0.25) is 0 Å². The van der Waals surface area contributed by atoms with E-state index < -0.39 is 12.8 Å². The van der Waals surface area contributed by atoms with Gasteiger partial charge < -0.3 is 15.4 Å². The van der Waals surface area contributed by atoms with Crippen molar-refractivity contribution in [2.24, 2.45) is 4.99 Å². The predicted octanol–water partition coefficient (Wildman–Crippen LogP) is 4.30. The first-order valence-corrected chi connectivity index (χ1v) is 9.50. The number of thiophene rings is 1. The molecule has 2 N–H and O–H groups in total. The van der Waals surface area contributed by atoms with Gasteiger partial charge in [0.1, 0.15) is 6.61 Å². The fraction of sp³-hybridized carbons (Fsp3) is 0.421. The monoisotopic (exact) mass is 399 g/mol. The highest BCUT2D eigenvalue weighted by molar-refractivity contribution is 7.07. The zero-order valence-corrected chi connectivity index (χ0v) is 16.2. The molecule has 0 aliphatic heterocycles. The average Bonchev–Trinajstić information content (AvgIpc) is 3.16. The van der Waals surface area contributed by atoms with Gasteiger partial charge in [-0.2, -0.15) is 24.5 Å². The van der Waals surface area contributed by atoms with Gasteiger partial charge >= 0.3 is 6.18 Å². The van der Waals surface area contributed by atoms with E-state index in [1.807, 2.05) is 12.1 Å². The summed E-state index contributed by atoms with van der Waals surface area (Å²) in [7, 11) is 1.71. The first-order chi connectivity index (χ1) is 12.9. The van der Waals surface area contributed by atoms with E-state index >= 15 is 0 Å². The minimum atomic E-state index is -4.30. The van der Waals surface area contributed by atoms with Crippen molar-refractivity contribution in [2.45, 2.75) is 32.2 Å². The standard InChI is InChI=1S/C19H24F3N3OS/c1-14(17-7-8-27-12-17)9-24-18(23-2)25-10-15-3-5-16(6-4-15)11-26-13-19(20,21)22/h3-8,12,14H,9-11,13H2,1-2H3,(H2,23,24,25). The van der Waals surface area contributed by atoms with Gasteiger partial charge in [0, 0.05) is 20.1 Å². The Kier molecular flexibility index (Phi) is 8.12. The second-order valence-electron chi connectivity index (χ2n) is 6.19. The number of rotatable bonds is 8. The van der Waals surface area contributed by atoms with Crippen LogP contribution in [0.4, 0.5) is 13.2 Å². The maximum Gasteiger partial charge on any atom is 0.411 e. The van der Waals surface area contributed by atoms with E-state index in [0.717, 1.165) is 12.1 Å². The summed E-state index contributed by atoms with van der Waals surface area (Å²) in [4.78, 5) is 4.21. The molecule has 2 aromatic rings. The first-order valence-electron chi connectivity index (χ1n) is 8.56. The normalized spacial score (nSPS) is 13.4. The zero-order chi connectivity index (χ0) is 19.7. The molecule has 0 bridgehead atoms.